The van der Waals surface area contributed by atoms with Crippen LogP contribution in [0.25, 0.3) is 11.4 Å². The van der Waals surface area contributed by atoms with Crippen LogP contribution < -0.4 is 5.32 Å². The molecule has 0 radical (unpaired) electrons. The summed E-state index contributed by atoms with van der Waals surface area (Å²) in [6, 6.07) is 2.41. The van der Waals surface area contributed by atoms with Crippen LogP contribution in [0, 0.1) is 17.8 Å². The third kappa shape index (κ3) is 2.31. The minimum absolute atomic E-state index is 0.0186. The summed E-state index contributed by atoms with van der Waals surface area (Å²) in [6.07, 6.45) is 5.72. The molecule has 5 nitrogen and oxygen atoms in total. The van der Waals surface area contributed by atoms with Gasteiger partial charge in [-0.15, -0.1) is 0 Å². The molecule has 1 amide bonds. The fourth-order valence-electron chi connectivity index (χ4n) is 4.43. The van der Waals surface area contributed by atoms with Crippen molar-refractivity contribution in [2.45, 2.75) is 44.1 Å². The van der Waals surface area contributed by atoms with Crippen LogP contribution in [0.4, 0.5) is 0 Å². The maximum absolute atomic E-state index is 12.7. The smallest absolute Gasteiger partial charge is 0.231 e. The van der Waals surface area contributed by atoms with Crippen molar-refractivity contribution in [1.82, 2.24) is 15.5 Å². The fourth-order valence-corrected chi connectivity index (χ4v) is 5.06. The third-order valence-electron chi connectivity index (χ3n) is 5.65. The molecule has 3 aliphatic carbocycles. The van der Waals surface area contributed by atoms with E-state index >= 15 is 0 Å². The molecular formula is C17H19N3O2S. The van der Waals surface area contributed by atoms with E-state index < -0.39 is 0 Å². The van der Waals surface area contributed by atoms with E-state index in [9.17, 15) is 4.79 Å². The lowest BCUT2D eigenvalue weighted by molar-refractivity contribution is -0.127. The molecule has 2 aromatic rings. The van der Waals surface area contributed by atoms with Crippen LogP contribution in [0.1, 0.15) is 43.9 Å². The van der Waals surface area contributed by atoms with Gasteiger partial charge in [0.25, 0.3) is 0 Å². The molecule has 1 N–H and O–H groups in total. The molecule has 2 heterocycles. The van der Waals surface area contributed by atoms with Gasteiger partial charge in [-0.25, -0.2) is 0 Å². The van der Waals surface area contributed by atoms with Gasteiger partial charge in [-0.1, -0.05) is 5.16 Å². The zero-order chi connectivity index (χ0) is 15.4. The lowest BCUT2D eigenvalue weighted by Gasteiger charge is -2.27. The van der Waals surface area contributed by atoms with E-state index in [-0.39, 0.29) is 17.7 Å². The molecule has 0 aliphatic heterocycles. The van der Waals surface area contributed by atoms with E-state index in [1.807, 2.05) is 16.8 Å². The molecular weight excluding hydrogens is 310 g/mol. The molecule has 2 aromatic heterocycles. The molecule has 0 unspecified atom stereocenters. The number of nitrogens with zero attached hydrogens (tertiary/aromatic N) is 2. The van der Waals surface area contributed by atoms with Gasteiger partial charge in [-0.2, -0.15) is 16.3 Å². The van der Waals surface area contributed by atoms with E-state index in [0.29, 0.717) is 29.6 Å². The predicted octanol–water partition coefficient (Wildman–Crippen LogP) is 3.21. The summed E-state index contributed by atoms with van der Waals surface area (Å²) in [4.78, 5) is 17.3. The van der Waals surface area contributed by atoms with Gasteiger partial charge in [0.15, 0.2) is 0 Å². The Bertz CT molecular complexity index is 722. The number of fused-ring (bicyclic) bond motifs is 2. The van der Waals surface area contributed by atoms with Crippen molar-refractivity contribution in [1.29, 1.82) is 0 Å². The highest BCUT2D eigenvalue weighted by Gasteiger charge is 2.54. The number of carbonyl (C=O) groups is 1. The predicted molar refractivity (Wildman–Crippen MR) is 85.8 cm³/mol. The molecule has 4 atom stereocenters. The highest BCUT2D eigenvalue weighted by atomic mass is 32.1. The molecule has 3 fully saturated rings. The number of amides is 1. The van der Waals surface area contributed by atoms with Crippen LogP contribution in [0.15, 0.2) is 21.3 Å². The van der Waals surface area contributed by atoms with E-state index in [4.69, 9.17) is 4.52 Å². The summed E-state index contributed by atoms with van der Waals surface area (Å²) < 4.78 is 5.59. The number of carbonyl (C=O) groups excluding carboxylic acids is 1. The standard InChI is InChI=1S/C17H19N3O2S/c21-16(18-12-3-4-12)13-9-1-2-10(7-9)14(13)17-19-15(20-22-17)11-5-6-23-8-11/h5-6,8-10,12-14H,1-4,7H2,(H,18,21)/t9-,10+,13-,14-/m0/s1. The average molecular weight is 329 g/mol. The van der Waals surface area contributed by atoms with E-state index in [1.54, 1.807) is 11.3 Å². The first-order chi connectivity index (χ1) is 11.3. The summed E-state index contributed by atoms with van der Waals surface area (Å²) >= 11 is 1.62. The highest BCUT2D eigenvalue weighted by Crippen LogP contribution is 2.56. The second kappa shape index (κ2) is 5.16. The van der Waals surface area contributed by atoms with Crippen molar-refractivity contribution in [3.05, 3.63) is 22.7 Å². The Balaban J connectivity index is 1.44. The van der Waals surface area contributed by atoms with E-state index in [0.717, 1.165) is 31.2 Å². The molecule has 120 valence electrons. The molecule has 3 saturated carbocycles. The summed E-state index contributed by atoms with van der Waals surface area (Å²) in [5.41, 5.74) is 0.993. The summed E-state index contributed by atoms with van der Waals surface area (Å²) in [5.74, 6) is 2.64. The lowest BCUT2D eigenvalue weighted by atomic mass is 9.78. The van der Waals surface area contributed by atoms with Gasteiger partial charge in [-0.05, 0) is 55.4 Å². The first-order valence-electron chi connectivity index (χ1n) is 8.46. The molecule has 0 saturated heterocycles. The maximum Gasteiger partial charge on any atom is 0.231 e. The Morgan fingerprint density at radius 1 is 1.26 bits per heavy atom. The molecule has 0 aromatic carbocycles. The van der Waals surface area contributed by atoms with Gasteiger partial charge in [0, 0.05) is 17.0 Å². The number of nitrogens with one attached hydrogen (secondary N) is 1. The molecule has 3 aliphatic rings. The quantitative estimate of drug-likeness (QED) is 0.935. The lowest BCUT2D eigenvalue weighted by Crippen LogP contribution is -2.38. The van der Waals surface area contributed by atoms with Crippen molar-refractivity contribution in [3.63, 3.8) is 0 Å². The average Bonchev–Trinajstić information content (AvgIpc) is 3.08. The van der Waals surface area contributed by atoms with Gasteiger partial charge in [-0.3, -0.25) is 4.79 Å². The summed E-state index contributed by atoms with van der Waals surface area (Å²) in [5, 5.41) is 11.4. The van der Waals surface area contributed by atoms with Gasteiger partial charge < -0.3 is 9.84 Å². The first kappa shape index (κ1) is 13.7. The highest BCUT2D eigenvalue weighted by molar-refractivity contribution is 7.08. The Morgan fingerprint density at radius 3 is 2.91 bits per heavy atom. The molecule has 6 heteroatoms. The SMILES string of the molecule is O=C(NC1CC1)[C@H]1[C@H]2CC[C@H](C2)[C@@H]1c1nc(-c2ccsc2)no1. The van der Waals surface area contributed by atoms with Gasteiger partial charge in [0.05, 0.1) is 11.8 Å². The van der Waals surface area contributed by atoms with Gasteiger partial charge in [0.2, 0.25) is 17.6 Å². The fraction of sp³-hybridized carbons (Fsp3) is 0.588. The number of rotatable bonds is 4. The van der Waals surface area contributed by atoms with Crippen molar-refractivity contribution in [3.8, 4) is 11.4 Å². The van der Waals surface area contributed by atoms with Crippen molar-refractivity contribution < 1.29 is 9.32 Å². The van der Waals surface area contributed by atoms with Crippen molar-refractivity contribution in [2.24, 2.45) is 17.8 Å². The van der Waals surface area contributed by atoms with E-state index in [2.05, 4.69) is 15.5 Å². The number of thiophene rings is 1. The summed E-state index contributed by atoms with van der Waals surface area (Å²) in [6.45, 7) is 0. The Kier molecular flexibility index (Phi) is 3.08. The monoisotopic (exact) mass is 329 g/mol. The zero-order valence-corrected chi connectivity index (χ0v) is 13.6. The Morgan fingerprint density at radius 2 is 2.13 bits per heavy atom. The largest absolute Gasteiger partial charge is 0.353 e. The number of hydrogen-bond donors (Lipinski definition) is 1. The van der Waals surface area contributed by atoms with Crippen LogP contribution in [-0.4, -0.2) is 22.1 Å². The molecule has 23 heavy (non-hydrogen) atoms. The molecule has 5 rings (SSSR count). The number of hydrogen-bond acceptors (Lipinski definition) is 5. The van der Waals surface area contributed by atoms with Crippen molar-refractivity contribution >= 4 is 17.2 Å². The second-order valence-corrected chi connectivity index (χ2v) is 7.92. The van der Waals surface area contributed by atoms with Crippen LogP contribution in [0.2, 0.25) is 0 Å². The minimum atomic E-state index is 0.0186. The van der Waals surface area contributed by atoms with Crippen LogP contribution >= 0.6 is 11.3 Å². The van der Waals surface area contributed by atoms with E-state index in [1.165, 1.54) is 6.42 Å². The molecule has 2 bridgehead atoms. The van der Waals surface area contributed by atoms with Crippen LogP contribution in [0.5, 0.6) is 0 Å². The van der Waals surface area contributed by atoms with Gasteiger partial charge >= 0.3 is 0 Å². The third-order valence-corrected chi connectivity index (χ3v) is 6.33. The van der Waals surface area contributed by atoms with Gasteiger partial charge in [0.1, 0.15) is 0 Å². The Labute approximate surface area is 138 Å². The first-order valence-corrected chi connectivity index (χ1v) is 9.40. The topological polar surface area (TPSA) is 68.0 Å². The van der Waals surface area contributed by atoms with Crippen molar-refractivity contribution in [2.75, 3.05) is 0 Å². The molecule has 0 spiro atoms. The normalized spacial score (nSPS) is 32.3. The zero-order valence-electron chi connectivity index (χ0n) is 12.8. The van der Waals surface area contributed by atoms with Crippen LogP contribution in [-0.2, 0) is 4.79 Å². The summed E-state index contributed by atoms with van der Waals surface area (Å²) in [7, 11) is 0. The minimum Gasteiger partial charge on any atom is -0.353 e. The maximum atomic E-state index is 12.7. The van der Waals surface area contributed by atoms with Crippen LogP contribution in [0.3, 0.4) is 0 Å². The second-order valence-electron chi connectivity index (χ2n) is 7.14. The number of aromatic nitrogens is 2. The Hall–Kier alpha value is -1.69.